The summed E-state index contributed by atoms with van der Waals surface area (Å²) < 4.78 is 25.9. The molecule has 1 amide bonds. The highest BCUT2D eigenvalue weighted by Crippen LogP contribution is 2.18. The predicted molar refractivity (Wildman–Crippen MR) is 64.7 cm³/mol. The van der Waals surface area contributed by atoms with E-state index in [0.29, 0.717) is 0 Å². The van der Waals surface area contributed by atoms with E-state index in [2.05, 4.69) is 0 Å². The Hall–Kier alpha value is -2.23. The Balaban J connectivity index is 2.23. The van der Waals surface area contributed by atoms with Crippen LogP contribution in [0.25, 0.3) is 0 Å². The summed E-state index contributed by atoms with van der Waals surface area (Å²) in [6, 6.07) is 12.5. The van der Waals surface area contributed by atoms with Crippen LogP contribution in [0.1, 0.15) is 5.56 Å². The third kappa shape index (κ3) is 2.71. The Labute approximate surface area is 103 Å². The van der Waals surface area contributed by atoms with Crippen molar-refractivity contribution in [2.24, 2.45) is 0 Å². The molecule has 0 bridgehead atoms. The second kappa shape index (κ2) is 5.40. The van der Waals surface area contributed by atoms with Gasteiger partial charge in [-0.15, -0.1) is 0 Å². The van der Waals surface area contributed by atoms with Crippen molar-refractivity contribution in [3.8, 4) is 0 Å². The Bertz CT molecular complexity index is 543. The number of anilines is 1. The molecule has 0 unspecified atom stereocenters. The minimum absolute atomic E-state index is 0.259. The van der Waals surface area contributed by atoms with Gasteiger partial charge in [0.2, 0.25) is 0 Å². The van der Waals surface area contributed by atoms with Crippen molar-refractivity contribution in [1.82, 2.24) is 0 Å². The number of carbonyl (C=O) groups excluding carboxylic acids is 1. The molecule has 0 saturated carbocycles. The van der Waals surface area contributed by atoms with Gasteiger partial charge in [-0.2, -0.15) is 0 Å². The van der Waals surface area contributed by atoms with Crippen LogP contribution >= 0.6 is 0 Å². The van der Waals surface area contributed by atoms with E-state index in [1.807, 2.05) is 30.3 Å². The van der Waals surface area contributed by atoms with Crippen LogP contribution in [0, 0.1) is 11.6 Å². The lowest BCUT2D eigenvalue weighted by molar-refractivity contribution is 0.508. The molecular weight excluding hydrogens is 236 g/mol. The van der Waals surface area contributed by atoms with E-state index in [9.17, 15) is 13.6 Å². The maximum Gasteiger partial charge on any atom is 0.317 e. The van der Waals surface area contributed by atoms with Gasteiger partial charge in [0, 0.05) is 11.8 Å². The van der Waals surface area contributed by atoms with Gasteiger partial charge in [0.05, 0.1) is 6.54 Å². The average Bonchev–Trinajstić information content (AvgIpc) is 2.40. The van der Waals surface area contributed by atoms with Crippen LogP contribution in [0.15, 0.2) is 48.5 Å². The lowest BCUT2D eigenvalue weighted by Gasteiger charge is -2.16. The van der Waals surface area contributed by atoms with Gasteiger partial charge < -0.3 is 0 Å². The van der Waals surface area contributed by atoms with E-state index in [4.69, 9.17) is 0 Å². The molecule has 0 aliphatic carbocycles. The summed E-state index contributed by atoms with van der Waals surface area (Å²) in [5, 5.41) is 0. The van der Waals surface area contributed by atoms with Crippen molar-refractivity contribution in [2.75, 3.05) is 4.90 Å². The van der Waals surface area contributed by atoms with Gasteiger partial charge in [-0.05, 0) is 17.7 Å². The topological polar surface area (TPSA) is 20.3 Å². The van der Waals surface area contributed by atoms with Crippen LogP contribution in [0.5, 0.6) is 0 Å². The fourth-order valence-electron chi connectivity index (χ4n) is 1.60. The summed E-state index contributed by atoms with van der Waals surface area (Å²) in [4.78, 5) is 12.1. The standard InChI is InChI=1S/C14H10F2NO/c15-13-7-6-12(8-14(13)16)17(10-18)9-11-4-2-1-3-5-11/h1-8H,9H2. The highest BCUT2D eigenvalue weighted by molar-refractivity contribution is 5.75. The number of hydrogen-bond acceptors (Lipinski definition) is 1. The van der Waals surface area contributed by atoms with Crippen molar-refractivity contribution in [3.05, 3.63) is 65.7 Å². The molecule has 2 aromatic rings. The number of benzene rings is 2. The molecule has 0 aliphatic heterocycles. The summed E-state index contributed by atoms with van der Waals surface area (Å²) in [7, 11) is 0. The minimum Gasteiger partial charge on any atom is -0.300 e. The number of amides is 1. The van der Waals surface area contributed by atoms with E-state index in [0.717, 1.165) is 17.7 Å². The van der Waals surface area contributed by atoms with Crippen LogP contribution in [-0.4, -0.2) is 6.41 Å². The largest absolute Gasteiger partial charge is 0.317 e. The van der Waals surface area contributed by atoms with E-state index in [1.165, 1.54) is 11.0 Å². The first-order valence-corrected chi connectivity index (χ1v) is 5.35. The molecule has 18 heavy (non-hydrogen) atoms. The quantitative estimate of drug-likeness (QED) is 0.759. The molecule has 2 nitrogen and oxygen atoms in total. The summed E-state index contributed by atoms with van der Waals surface area (Å²) in [6.45, 7) is 0.259. The Morgan fingerprint density at radius 1 is 1.00 bits per heavy atom. The van der Waals surface area contributed by atoms with Crippen LogP contribution in [-0.2, 0) is 11.3 Å². The second-order valence-corrected chi connectivity index (χ2v) is 3.76. The van der Waals surface area contributed by atoms with Crippen molar-refractivity contribution in [1.29, 1.82) is 0 Å². The lowest BCUT2D eigenvalue weighted by atomic mass is 10.2. The molecule has 0 fully saturated rings. The average molecular weight is 246 g/mol. The van der Waals surface area contributed by atoms with E-state index >= 15 is 0 Å². The third-order valence-corrected chi connectivity index (χ3v) is 2.51. The van der Waals surface area contributed by atoms with Crippen LogP contribution < -0.4 is 4.90 Å². The smallest absolute Gasteiger partial charge is 0.300 e. The summed E-state index contributed by atoms with van der Waals surface area (Å²) in [5.74, 6) is -1.93. The maximum absolute atomic E-state index is 13.1. The predicted octanol–water partition coefficient (Wildman–Crippen LogP) is 3.04. The summed E-state index contributed by atoms with van der Waals surface area (Å²) >= 11 is 0. The molecule has 0 N–H and O–H groups in total. The fourth-order valence-corrected chi connectivity index (χ4v) is 1.60. The Kier molecular flexibility index (Phi) is 3.67. The maximum atomic E-state index is 13.1. The van der Waals surface area contributed by atoms with Gasteiger partial charge >= 0.3 is 6.41 Å². The van der Waals surface area contributed by atoms with E-state index < -0.39 is 11.6 Å². The Morgan fingerprint density at radius 3 is 2.33 bits per heavy atom. The van der Waals surface area contributed by atoms with E-state index in [-0.39, 0.29) is 12.2 Å². The lowest BCUT2D eigenvalue weighted by Crippen LogP contribution is -2.20. The monoisotopic (exact) mass is 246 g/mol. The molecule has 2 rings (SSSR count). The molecule has 1 radical (unpaired) electrons. The molecule has 4 heteroatoms. The molecule has 0 saturated heterocycles. The first-order chi connectivity index (χ1) is 8.70. The van der Waals surface area contributed by atoms with E-state index in [1.54, 1.807) is 6.41 Å². The molecule has 0 spiro atoms. The SMILES string of the molecule is O=[C]N(Cc1ccccc1)c1ccc(F)c(F)c1. The number of nitrogens with zero attached hydrogens (tertiary/aromatic N) is 1. The molecule has 0 aliphatic rings. The summed E-state index contributed by atoms with van der Waals surface area (Å²) in [5.41, 5.74) is 1.15. The number of halogens is 2. The fraction of sp³-hybridized carbons (Fsp3) is 0.0714. The van der Waals surface area contributed by atoms with Gasteiger partial charge in [-0.1, -0.05) is 30.3 Å². The van der Waals surface area contributed by atoms with Gasteiger partial charge in [0.15, 0.2) is 11.6 Å². The number of hydrogen-bond donors (Lipinski definition) is 0. The molecule has 2 aromatic carbocycles. The zero-order chi connectivity index (χ0) is 13.0. The van der Waals surface area contributed by atoms with Crippen molar-refractivity contribution >= 4 is 12.1 Å². The second-order valence-electron chi connectivity index (χ2n) is 3.76. The number of rotatable bonds is 4. The highest BCUT2D eigenvalue weighted by Gasteiger charge is 2.10. The minimum atomic E-state index is -0.985. The normalized spacial score (nSPS) is 10.1. The molecule has 0 heterocycles. The first kappa shape index (κ1) is 12.2. The third-order valence-electron chi connectivity index (χ3n) is 2.51. The zero-order valence-corrected chi connectivity index (χ0v) is 9.44. The van der Waals surface area contributed by atoms with Gasteiger partial charge in [-0.25, -0.2) is 8.78 Å². The first-order valence-electron chi connectivity index (χ1n) is 5.35. The molecule has 0 atom stereocenters. The zero-order valence-electron chi connectivity index (χ0n) is 9.44. The summed E-state index contributed by atoms with van der Waals surface area (Å²) in [6.07, 6.45) is 1.71. The van der Waals surface area contributed by atoms with Gasteiger partial charge in [0.1, 0.15) is 0 Å². The van der Waals surface area contributed by atoms with Gasteiger partial charge in [-0.3, -0.25) is 9.69 Å². The van der Waals surface area contributed by atoms with Crippen molar-refractivity contribution in [3.63, 3.8) is 0 Å². The molecule has 91 valence electrons. The van der Waals surface area contributed by atoms with Crippen LogP contribution in [0.2, 0.25) is 0 Å². The van der Waals surface area contributed by atoms with Gasteiger partial charge in [0.25, 0.3) is 0 Å². The van der Waals surface area contributed by atoms with Crippen molar-refractivity contribution in [2.45, 2.75) is 6.54 Å². The Morgan fingerprint density at radius 2 is 1.72 bits per heavy atom. The van der Waals surface area contributed by atoms with Crippen molar-refractivity contribution < 1.29 is 13.6 Å². The molecule has 0 aromatic heterocycles. The van der Waals surface area contributed by atoms with Crippen LogP contribution in [0.3, 0.4) is 0 Å². The van der Waals surface area contributed by atoms with Crippen LogP contribution in [0.4, 0.5) is 14.5 Å². The molecular formula is C14H10F2NO. The highest BCUT2D eigenvalue weighted by atomic mass is 19.2.